The second kappa shape index (κ2) is 13.4. The molecule has 0 rings (SSSR count). The highest BCUT2D eigenvalue weighted by atomic mass is 16.2. The summed E-state index contributed by atoms with van der Waals surface area (Å²) in [7, 11) is 0. The van der Waals surface area contributed by atoms with Gasteiger partial charge in [0.2, 0.25) is 0 Å². The third kappa shape index (κ3) is 14.0. The maximum Gasteiger partial charge on any atom is 0.0431 e. The minimum atomic E-state index is 0.369. The average molecular weight is 256 g/mol. The second-order valence-electron chi connectivity index (χ2n) is 6.42. The van der Waals surface area contributed by atoms with Gasteiger partial charge in [0.25, 0.3) is 0 Å². The summed E-state index contributed by atoms with van der Waals surface area (Å²) in [5.74, 6) is 1.80. The number of hydrogen-bond acceptors (Lipinski definition) is 1. The standard InChI is InChI=1S/C17H36O/c1-16(2)12-11-14-17(3)13-9-7-5-4-6-8-10-15-18/h16-18H,4-15H2,1-3H3/t17-/m1/s1. The van der Waals surface area contributed by atoms with Crippen LogP contribution in [0.3, 0.4) is 0 Å². The Morgan fingerprint density at radius 3 is 1.67 bits per heavy atom. The zero-order valence-electron chi connectivity index (χ0n) is 13.1. The highest BCUT2D eigenvalue weighted by Crippen LogP contribution is 2.18. The van der Waals surface area contributed by atoms with Crippen molar-refractivity contribution in [3.05, 3.63) is 0 Å². The molecule has 0 radical (unpaired) electrons. The van der Waals surface area contributed by atoms with Crippen molar-refractivity contribution in [2.24, 2.45) is 11.8 Å². The minimum Gasteiger partial charge on any atom is -0.396 e. The summed E-state index contributed by atoms with van der Waals surface area (Å²) in [6.45, 7) is 7.43. The lowest BCUT2D eigenvalue weighted by Gasteiger charge is -2.12. The van der Waals surface area contributed by atoms with Gasteiger partial charge in [-0.3, -0.25) is 0 Å². The summed E-state index contributed by atoms with van der Waals surface area (Å²) >= 11 is 0. The van der Waals surface area contributed by atoms with Crippen LogP contribution in [0.5, 0.6) is 0 Å². The van der Waals surface area contributed by atoms with Gasteiger partial charge in [0.1, 0.15) is 0 Å². The number of aliphatic hydroxyl groups excluding tert-OH is 1. The maximum absolute atomic E-state index is 8.67. The normalized spacial score (nSPS) is 13.2. The molecule has 0 aliphatic rings. The lowest BCUT2D eigenvalue weighted by Crippen LogP contribution is -1.97. The first-order chi connectivity index (χ1) is 8.66. The highest BCUT2D eigenvalue weighted by Gasteiger charge is 2.03. The van der Waals surface area contributed by atoms with Crippen LogP contribution in [0.4, 0.5) is 0 Å². The fourth-order valence-corrected chi connectivity index (χ4v) is 2.51. The minimum absolute atomic E-state index is 0.369. The van der Waals surface area contributed by atoms with E-state index in [0.29, 0.717) is 6.61 Å². The number of hydrogen-bond donors (Lipinski definition) is 1. The predicted molar refractivity (Wildman–Crippen MR) is 81.9 cm³/mol. The van der Waals surface area contributed by atoms with Crippen molar-refractivity contribution in [2.75, 3.05) is 6.61 Å². The van der Waals surface area contributed by atoms with E-state index < -0.39 is 0 Å². The molecule has 0 saturated carbocycles. The Morgan fingerprint density at radius 2 is 1.11 bits per heavy atom. The van der Waals surface area contributed by atoms with Crippen LogP contribution in [0, 0.1) is 11.8 Å². The monoisotopic (exact) mass is 256 g/mol. The number of rotatable bonds is 13. The molecule has 18 heavy (non-hydrogen) atoms. The van der Waals surface area contributed by atoms with E-state index in [1.807, 2.05) is 0 Å². The van der Waals surface area contributed by atoms with Crippen molar-refractivity contribution in [1.82, 2.24) is 0 Å². The molecule has 1 nitrogen and oxygen atoms in total. The predicted octanol–water partition coefficient (Wildman–Crippen LogP) is 5.56. The van der Waals surface area contributed by atoms with Gasteiger partial charge in [0.05, 0.1) is 0 Å². The molecule has 0 unspecified atom stereocenters. The van der Waals surface area contributed by atoms with Gasteiger partial charge in [-0.2, -0.15) is 0 Å². The van der Waals surface area contributed by atoms with E-state index in [2.05, 4.69) is 20.8 Å². The zero-order valence-corrected chi connectivity index (χ0v) is 13.1. The van der Waals surface area contributed by atoms with Crippen LogP contribution in [0.2, 0.25) is 0 Å². The van der Waals surface area contributed by atoms with Crippen LogP contribution in [0.15, 0.2) is 0 Å². The molecule has 0 aliphatic carbocycles. The Labute approximate surface area is 115 Å². The van der Waals surface area contributed by atoms with Gasteiger partial charge in [0, 0.05) is 6.61 Å². The SMILES string of the molecule is CC(C)CCC[C@H](C)CCCCCCCCCO. The molecule has 0 bridgehead atoms. The van der Waals surface area contributed by atoms with Gasteiger partial charge in [-0.15, -0.1) is 0 Å². The molecule has 1 N–H and O–H groups in total. The van der Waals surface area contributed by atoms with Crippen molar-refractivity contribution in [2.45, 2.75) is 91.4 Å². The zero-order chi connectivity index (χ0) is 13.6. The maximum atomic E-state index is 8.67. The number of aliphatic hydroxyl groups is 1. The molecule has 1 heteroatoms. The lowest BCUT2D eigenvalue weighted by atomic mass is 9.95. The summed E-state index contributed by atoms with van der Waals surface area (Å²) in [4.78, 5) is 0. The van der Waals surface area contributed by atoms with Crippen LogP contribution >= 0.6 is 0 Å². The van der Waals surface area contributed by atoms with Gasteiger partial charge >= 0.3 is 0 Å². The van der Waals surface area contributed by atoms with Crippen molar-refractivity contribution in [1.29, 1.82) is 0 Å². The van der Waals surface area contributed by atoms with Crippen LogP contribution in [0.1, 0.15) is 91.4 Å². The molecular formula is C17H36O. The van der Waals surface area contributed by atoms with Gasteiger partial charge in [-0.05, 0) is 18.3 Å². The Morgan fingerprint density at radius 1 is 0.611 bits per heavy atom. The molecule has 0 aromatic heterocycles. The van der Waals surface area contributed by atoms with E-state index in [1.165, 1.54) is 64.2 Å². The third-order valence-corrected chi connectivity index (χ3v) is 3.83. The number of unbranched alkanes of at least 4 members (excludes halogenated alkanes) is 6. The van der Waals surface area contributed by atoms with E-state index in [4.69, 9.17) is 5.11 Å². The van der Waals surface area contributed by atoms with Gasteiger partial charge in [0.15, 0.2) is 0 Å². The summed E-state index contributed by atoms with van der Waals surface area (Å²) < 4.78 is 0. The molecule has 0 aromatic carbocycles. The van der Waals surface area contributed by atoms with Crippen molar-refractivity contribution in [3.8, 4) is 0 Å². The quantitative estimate of drug-likeness (QED) is 0.428. The van der Waals surface area contributed by atoms with Crippen LogP contribution in [-0.4, -0.2) is 11.7 Å². The highest BCUT2D eigenvalue weighted by molar-refractivity contribution is 4.56. The molecule has 1 atom stereocenters. The van der Waals surface area contributed by atoms with E-state index in [0.717, 1.165) is 18.3 Å². The lowest BCUT2D eigenvalue weighted by molar-refractivity contribution is 0.282. The Balaban J connectivity index is 3.12. The first-order valence-electron chi connectivity index (χ1n) is 8.27. The Hall–Kier alpha value is -0.0400. The summed E-state index contributed by atoms with van der Waals surface area (Å²) in [6, 6.07) is 0. The van der Waals surface area contributed by atoms with E-state index in [-0.39, 0.29) is 0 Å². The topological polar surface area (TPSA) is 20.2 Å². The molecule has 0 aliphatic heterocycles. The van der Waals surface area contributed by atoms with Gasteiger partial charge in [-0.1, -0.05) is 85.0 Å². The molecule has 0 aromatic rings. The van der Waals surface area contributed by atoms with Gasteiger partial charge < -0.3 is 5.11 Å². The summed E-state index contributed by atoms with van der Waals surface area (Å²) in [6.07, 6.45) is 14.8. The molecule has 0 amide bonds. The average Bonchev–Trinajstić information content (AvgIpc) is 2.32. The van der Waals surface area contributed by atoms with Crippen LogP contribution in [-0.2, 0) is 0 Å². The molecule has 0 fully saturated rings. The smallest absolute Gasteiger partial charge is 0.0431 e. The van der Waals surface area contributed by atoms with E-state index >= 15 is 0 Å². The van der Waals surface area contributed by atoms with E-state index in [1.54, 1.807) is 0 Å². The fourth-order valence-electron chi connectivity index (χ4n) is 2.51. The summed E-state index contributed by atoms with van der Waals surface area (Å²) in [5, 5.41) is 8.67. The Kier molecular flexibility index (Phi) is 13.4. The molecule has 0 heterocycles. The van der Waals surface area contributed by atoms with Gasteiger partial charge in [-0.25, -0.2) is 0 Å². The largest absolute Gasteiger partial charge is 0.396 e. The second-order valence-corrected chi connectivity index (χ2v) is 6.42. The van der Waals surface area contributed by atoms with Crippen LogP contribution in [0.25, 0.3) is 0 Å². The molecular weight excluding hydrogens is 220 g/mol. The van der Waals surface area contributed by atoms with Crippen molar-refractivity contribution in [3.63, 3.8) is 0 Å². The van der Waals surface area contributed by atoms with E-state index in [9.17, 15) is 0 Å². The van der Waals surface area contributed by atoms with Crippen molar-refractivity contribution < 1.29 is 5.11 Å². The third-order valence-electron chi connectivity index (χ3n) is 3.83. The molecule has 110 valence electrons. The first-order valence-corrected chi connectivity index (χ1v) is 8.27. The first kappa shape index (κ1) is 18.0. The van der Waals surface area contributed by atoms with Crippen molar-refractivity contribution >= 4 is 0 Å². The summed E-state index contributed by atoms with van der Waals surface area (Å²) in [5.41, 5.74) is 0. The molecule has 0 saturated heterocycles. The molecule has 0 spiro atoms. The van der Waals surface area contributed by atoms with Crippen LogP contribution < -0.4 is 0 Å². The Bertz CT molecular complexity index is 154. The fraction of sp³-hybridized carbons (Fsp3) is 1.00.